The van der Waals surface area contributed by atoms with Gasteiger partial charge in [0.1, 0.15) is 0 Å². The first-order valence-corrected chi connectivity index (χ1v) is 6.28. The van der Waals surface area contributed by atoms with Gasteiger partial charge in [0, 0.05) is 17.8 Å². The second-order valence-electron chi connectivity index (χ2n) is 4.46. The zero-order chi connectivity index (χ0) is 13.8. The van der Waals surface area contributed by atoms with Crippen molar-refractivity contribution in [3.05, 3.63) is 40.2 Å². The second-order valence-corrected chi connectivity index (χ2v) is 4.46. The molecule has 2 rings (SSSR count). The van der Waals surface area contributed by atoms with Crippen molar-refractivity contribution in [2.75, 3.05) is 11.9 Å². The minimum Gasteiger partial charge on any atom is -0.338 e. The predicted molar refractivity (Wildman–Crippen MR) is 76.6 cm³/mol. The Labute approximate surface area is 111 Å². The molecule has 2 aromatic rings. The van der Waals surface area contributed by atoms with E-state index < -0.39 is 0 Å². The number of rotatable bonds is 3. The topological polar surface area (TPSA) is 74.0 Å². The Kier molecular flexibility index (Phi) is 3.85. The number of amides is 2. The summed E-state index contributed by atoms with van der Waals surface area (Å²) >= 11 is 0. The number of fused-ring (bicyclic) bond motifs is 1. The van der Waals surface area contributed by atoms with E-state index in [1.54, 1.807) is 13.0 Å². The molecule has 0 radical (unpaired) electrons. The van der Waals surface area contributed by atoms with Crippen LogP contribution in [0.3, 0.4) is 0 Å². The number of hydrogen-bond acceptors (Lipinski definition) is 2. The highest BCUT2D eigenvalue weighted by molar-refractivity contribution is 5.92. The van der Waals surface area contributed by atoms with E-state index in [9.17, 15) is 9.59 Å². The number of hydrogen-bond donors (Lipinski definition) is 3. The molecule has 3 N–H and O–H groups in total. The summed E-state index contributed by atoms with van der Waals surface area (Å²) in [6.45, 7) is 4.39. The molecule has 0 bridgehead atoms. The highest BCUT2D eigenvalue weighted by Crippen LogP contribution is 2.16. The number of H-pyrrole nitrogens is 1. The minimum absolute atomic E-state index is 0.111. The lowest BCUT2D eigenvalue weighted by Gasteiger charge is -2.07. The average Bonchev–Trinajstić information content (AvgIpc) is 2.38. The summed E-state index contributed by atoms with van der Waals surface area (Å²) in [6.07, 6.45) is 0.887. The quantitative estimate of drug-likeness (QED) is 0.791. The maximum atomic E-state index is 11.6. The van der Waals surface area contributed by atoms with Gasteiger partial charge in [-0.3, -0.25) is 4.79 Å². The van der Waals surface area contributed by atoms with Crippen LogP contribution in [0.4, 0.5) is 10.5 Å². The van der Waals surface area contributed by atoms with Crippen LogP contribution in [-0.4, -0.2) is 17.6 Å². The van der Waals surface area contributed by atoms with Crippen LogP contribution < -0.4 is 16.2 Å². The van der Waals surface area contributed by atoms with Crippen molar-refractivity contribution >= 4 is 22.6 Å². The zero-order valence-corrected chi connectivity index (χ0v) is 11.0. The zero-order valence-electron chi connectivity index (χ0n) is 11.0. The maximum Gasteiger partial charge on any atom is 0.319 e. The SMILES string of the molecule is CCCNC(=O)Nc1ccc2cc(C)c(=O)[nH]c2c1. The number of anilines is 1. The van der Waals surface area contributed by atoms with Crippen molar-refractivity contribution in [3.63, 3.8) is 0 Å². The third kappa shape index (κ3) is 3.13. The van der Waals surface area contributed by atoms with E-state index >= 15 is 0 Å². The van der Waals surface area contributed by atoms with Gasteiger partial charge in [-0.25, -0.2) is 4.79 Å². The Morgan fingerprint density at radius 2 is 2.11 bits per heavy atom. The second kappa shape index (κ2) is 5.56. The van der Waals surface area contributed by atoms with E-state index in [1.807, 2.05) is 25.1 Å². The van der Waals surface area contributed by atoms with E-state index in [4.69, 9.17) is 0 Å². The maximum absolute atomic E-state index is 11.6. The number of aromatic nitrogens is 1. The molecule has 0 atom stereocenters. The number of carbonyl (C=O) groups excluding carboxylic acids is 1. The number of aromatic amines is 1. The molecule has 0 aliphatic carbocycles. The Hall–Kier alpha value is -2.30. The number of benzene rings is 1. The molecule has 1 aromatic heterocycles. The molecule has 0 fully saturated rings. The van der Waals surface area contributed by atoms with Crippen molar-refractivity contribution in [1.82, 2.24) is 10.3 Å². The third-order valence-corrected chi connectivity index (χ3v) is 2.83. The molecular weight excluding hydrogens is 242 g/mol. The Balaban J connectivity index is 2.24. The normalized spacial score (nSPS) is 10.4. The highest BCUT2D eigenvalue weighted by Gasteiger charge is 2.03. The van der Waals surface area contributed by atoms with E-state index in [1.165, 1.54) is 0 Å². The van der Waals surface area contributed by atoms with Gasteiger partial charge < -0.3 is 15.6 Å². The van der Waals surface area contributed by atoms with E-state index in [-0.39, 0.29) is 11.6 Å². The standard InChI is InChI=1S/C14H17N3O2/c1-3-6-15-14(19)16-11-5-4-10-7-9(2)13(18)17-12(10)8-11/h4-5,7-8H,3,6H2,1-2H3,(H,17,18)(H2,15,16,19). The van der Waals surface area contributed by atoms with Crippen molar-refractivity contribution in [3.8, 4) is 0 Å². The van der Waals surface area contributed by atoms with Gasteiger partial charge in [0.05, 0.1) is 5.52 Å². The molecule has 19 heavy (non-hydrogen) atoms. The van der Waals surface area contributed by atoms with Crippen molar-refractivity contribution in [2.45, 2.75) is 20.3 Å². The van der Waals surface area contributed by atoms with Crippen molar-refractivity contribution < 1.29 is 4.79 Å². The number of pyridine rings is 1. The molecule has 0 aliphatic rings. The molecule has 2 amide bonds. The van der Waals surface area contributed by atoms with Crippen LogP contribution in [0, 0.1) is 6.92 Å². The van der Waals surface area contributed by atoms with E-state index in [0.717, 1.165) is 11.8 Å². The largest absolute Gasteiger partial charge is 0.338 e. The van der Waals surface area contributed by atoms with Gasteiger partial charge in [0.25, 0.3) is 5.56 Å². The summed E-state index contributed by atoms with van der Waals surface area (Å²) < 4.78 is 0. The lowest BCUT2D eigenvalue weighted by atomic mass is 10.1. The molecular formula is C14H17N3O2. The molecule has 0 unspecified atom stereocenters. The van der Waals surface area contributed by atoms with Crippen molar-refractivity contribution in [1.29, 1.82) is 0 Å². The van der Waals surface area contributed by atoms with Gasteiger partial charge in [0.2, 0.25) is 0 Å². The van der Waals surface area contributed by atoms with Gasteiger partial charge in [-0.15, -0.1) is 0 Å². The first-order chi connectivity index (χ1) is 9.10. The van der Waals surface area contributed by atoms with Crippen molar-refractivity contribution in [2.24, 2.45) is 0 Å². The number of aryl methyl sites for hydroxylation is 1. The van der Waals surface area contributed by atoms with Crippen LogP contribution in [0.25, 0.3) is 10.9 Å². The molecule has 0 spiro atoms. The van der Waals surface area contributed by atoms with Crippen LogP contribution >= 0.6 is 0 Å². The fourth-order valence-electron chi connectivity index (χ4n) is 1.80. The summed E-state index contributed by atoms with van der Waals surface area (Å²) in [4.78, 5) is 25.9. The predicted octanol–water partition coefficient (Wildman–Crippen LogP) is 2.37. The lowest BCUT2D eigenvalue weighted by Crippen LogP contribution is -2.29. The fourth-order valence-corrected chi connectivity index (χ4v) is 1.80. The number of urea groups is 1. The Morgan fingerprint density at radius 1 is 1.32 bits per heavy atom. The van der Waals surface area contributed by atoms with Crippen LogP contribution in [-0.2, 0) is 0 Å². The van der Waals surface area contributed by atoms with Crippen LogP contribution in [0.1, 0.15) is 18.9 Å². The van der Waals surface area contributed by atoms with Gasteiger partial charge in [-0.1, -0.05) is 13.0 Å². The molecule has 5 heteroatoms. The summed E-state index contributed by atoms with van der Waals surface area (Å²) in [7, 11) is 0. The summed E-state index contributed by atoms with van der Waals surface area (Å²) in [5.74, 6) is 0. The number of carbonyl (C=O) groups is 1. The average molecular weight is 259 g/mol. The molecule has 0 aliphatic heterocycles. The molecule has 0 saturated carbocycles. The summed E-state index contributed by atoms with van der Waals surface area (Å²) in [5.41, 5.74) is 1.93. The van der Waals surface area contributed by atoms with Crippen LogP contribution in [0.15, 0.2) is 29.1 Å². The van der Waals surface area contributed by atoms with Gasteiger partial charge in [-0.2, -0.15) is 0 Å². The molecule has 0 saturated heterocycles. The fraction of sp³-hybridized carbons (Fsp3) is 0.286. The van der Waals surface area contributed by atoms with Gasteiger partial charge >= 0.3 is 6.03 Å². The third-order valence-electron chi connectivity index (χ3n) is 2.83. The molecule has 1 aromatic carbocycles. The van der Waals surface area contributed by atoms with Crippen LogP contribution in [0.2, 0.25) is 0 Å². The first kappa shape index (κ1) is 13.1. The molecule has 5 nitrogen and oxygen atoms in total. The highest BCUT2D eigenvalue weighted by atomic mass is 16.2. The lowest BCUT2D eigenvalue weighted by molar-refractivity contribution is 0.252. The molecule has 100 valence electrons. The van der Waals surface area contributed by atoms with Gasteiger partial charge in [0.15, 0.2) is 0 Å². The Bertz CT molecular complexity index is 661. The Morgan fingerprint density at radius 3 is 2.84 bits per heavy atom. The smallest absolute Gasteiger partial charge is 0.319 e. The van der Waals surface area contributed by atoms with Crippen LogP contribution in [0.5, 0.6) is 0 Å². The summed E-state index contributed by atoms with van der Waals surface area (Å²) in [6, 6.07) is 7.02. The summed E-state index contributed by atoms with van der Waals surface area (Å²) in [5, 5.41) is 6.40. The monoisotopic (exact) mass is 259 g/mol. The first-order valence-electron chi connectivity index (χ1n) is 6.28. The molecule has 1 heterocycles. The van der Waals surface area contributed by atoms with E-state index in [0.29, 0.717) is 23.3 Å². The van der Waals surface area contributed by atoms with E-state index in [2.05, 4.69) is 15.6 Å². The van der Waals surface area contributed by atoms with Gasteiger partial charge in [-0.05, 0) is 36.9 Å². The minimum atomic E-state index is -0.240. The number of nitrogens with one attached hydrogen (secondary N) is 3.